The van der Waals surface area contributed by atoms with E-state index >= 15 is 4.39 Å². The van der Waals surface area contributed by atoms with Crippen LogP contribution in [0.2, 0.25) is 0 Å². The smallest absolute Gasteiger partial charge is 0.387 e. The molecule has 3 aromatic rings. The number of carboxylic acids is 1. The highest BCUT2D eigenvalue weighted by molar-refractivity contribution is 5.97. The van der Waals surface area contributed by atoms with Gasteiger partial charge in [0.15, 0.2) is 17.4 Å². The quantitative estimate of drug-likeness (QED) is 0.530. The van der Waals surface area contributed by atoms with Crippen LogP contribution in [0.15, 0.2) is 17.1 Å². The van der Waals surface area contributed by atoms with Crippen molar-refractivity contribution in [2.24, 2.45) is 0 Å². The highest BCUT2D eigenvalue weighted by atomic mass is 19.3. The van der Waals surface area contributed by atoms with Crippen LogP contribution in [0.5, 0.6) is 5.75 Å². The largest absolute Gasteiger partial charge is 0.477 e. The van der Waals surface area contributed by atoms with Crippen LogP contribution in [-0.4, -0.2) is 39.5 Å². The van der Waals surface area contributed by atoms with Crippen LogP contribution in [-0.2, 0) is 13.1 Å². The second-order valence-electron chi connectivity index (χ2n) is 7.76. The molecular formula is C20H18F3N5O4. The lowest BCUT2D eigenvalue weighted by Crippen LogP contribution is -2.23. The number of carboxylic acid groups (broad SMARTS) is 1. The molecule has 1 fully saturated rings. The van der Waals surface area contributed by atoms with Gasteiger partial charge in [0.1, 0.15) is 11.3 Å². The number of H-pyrrole nitrogens is 1. The summed E-state index contributed by atoms with van der Waals surface area (Å²) >= 11 is 0. The average molecular weight is 449 g/mol. The molecule has 0 radical (unpaired) electrons. The van der Waals surface area contributed by atoms with Crippen LogP contribution in [0.3, 0.4) is 0 Å². The number of benzene rings is 1. The number of aromatic carboxylic acids is 1. The van der Waals surface area contributed by atoms with E-state index in [1.807, 2.05) is 0 Å². The molecule has 1 aliphatic carbocycles. The van der Waals surface area contributed by atoms with Crippen molar-refractivity contribution in [2.45, 2.75) is 38.6 Å². The van der Waals surface area contributed by atoms with Crippen molar-refractivity contribution in [2.75, 3.05) is 17.3 Å². The Morgan fingerprint density at radius 3 is 2.75 bits per heavy atom. The van der Waals surface area contributed by atoms with E-state index in [2.05, 4.69) is 15.5 Å². The van der Waals surface area contributed by atoms with Crippen molar-refractivity contribution in [1.29, 1.82) is 0 Å². The SMILES string of the molecule is CNc1n[nH]c2c1CN(c1c(F)cc3c(=O)c(C(=O)O)cn(C4CC4)c3c1OC(F)F)C2. The Kier molecular flexibility index (Phi) is 4.53. The Labute approximate surface area is 178 Å². The number of aromatic nitrogens is 3. The monoisotopic (exact) mass is 449 g/mol. The van der Waals surface area contributed by atoms with E-state index in [-0.39, 0.29) is 35.7 Å². The minimum absolute atomic E-state index is 0.0401. The average Bonchev–Trinajstić information content (AvgIpc) is 3.38. The molecule has 3 heterocycles. The molecular weight excluding hydrogens is 431 g/mol. The van der Waals surface area contributed by atoms with Crippen molar-refractivity contribution in [3.63, 3.8) is 0 Å². The molecule has 0 amide bonds. The molecule has 168 valence electrons. The van der Waals surface area contributed by atoms with Crippen molar-refractivity contribution in [3.05, 3.63) is 45.1 Å². The van der Waals surface area contributed by atoms with Crippen molar-refractivity contribution in [3.8, 4) is 5.75 Å². The van der Waals surface area contributed by atoms with Gasteiger partial charge in [-0.3, -0.25) is 9.89 Å². The fourth-order valence-electron chi connectivity index (χ4n) is 4.24. The molecule has 0 saturated heterocycles. The minimum Gasteiger partial charge on any atom is -0.477 e. The van der Waals surface area contributed by atoms with Crippen molar-refractivity contribution < 1.29 is 27.8 Å². The maximum atomic E-state index is 15.4. The van der Waals surface area contributed by atoms with Gasteiger partial charge in [-0.05, 0) is 18.9 Å². The molecule has 9 nitrogen and oxygen atoms in total. The number of nitrogens with one attached hydrogen (secondary N) is 2. The highest BCUT2D eigenvalue weighted by Gasteiger charge is 2.34. The maximum Gasteiger partial charge on any atom is 0.387 e. The number of anilines is 2. The third-order valence-corrected chi connectivity index (χ3v) is 5.78. The second kappa shape index (κ2) is 7.18. The van der Waals surface area contributed by atoms with Gasteiger partial charge in [0.25, 0.3) is 0 Å². The first-order valence-electron chi connectivity index (χ1n) is 9.88. The van der Waals surface area contributed by atoms with Gasteiger partial charge in [0.2, 0.25) is 5.43 Å². The lowest BCUT2D eigenvalue weighted by atomic mass is 10.1. The molecule has 1 saturated carbocycles. The Morgan fingerprint density at radius 2 is 2.12 bits per heavy atom. The summed E-state index contributed by atoms with van der Waals surface area (Å²) in [4.78, 5) is 25.8. The van der Waals surface area contributed by atoms with Gasteiger partial charge < -0.3 is 24.6 Å². The van der Waals surface area contributed by atoms with Crippen LogP contribution < -0.4 is 20.4 Å². The first kappa shape index (κ1) is 20.2. The summed E-state index contributed by atoms with van der Waals surface area (Å²) in [7, 11) is 1.68. The number of rotatable bonds is 6. The van der Waals surface area contributed by atoms with Crippen LogP contribution in [0.4, 0.5) is 24.7 Å². The Hall–Kier alpha value is -3.70. The predicted octanol–water partition coefficient (Wildman–Crippen LogP) is 3.06. The summed E-state index contributed by atoms with van der Waals surface area (Å²) < 4.78 is 48.5. The number of halogens is 3. The van der Waals surface area contributed by atoms with E-state index < -0.39 is 35.1 Å². The molecule has 5 rings (SSSR count). The molecule has 32 heavy (non-hydrogen) atoms. The third kappa shape index (κ3) is 3.05. The number of carbonyl (C=O) groups is 1. The zero-order valence-corrected chi connectivity index (χ0v) is 16.8. The Balaban J connectivity index is 1.77. The summed E-state index contributed by atoms with van der Waals surface area (Å²) in [6, 6.07) is 0.710. The number of alkyl halides is 2. The van der Waals surface area contributed by atoms with E-state index in [0.717, 1.165) is 17.8 Å². The fraction of sp³-hybridized carbons (Fsp3) is 0.350. The van der Waals surface area contributed by atoms with Crippen LogP contribution in [0, 0.1) is 5.82 Å². The first-order chi connectivity index (χ1) is 15.3. The molecule has 12 heteroatoms. The van der Waals surface area contributed by atoms with Crippen molar-refractivity contribution in [1.82, 2.24) is 14.8 Å². The predicted molar refractivity (Wildman–Crippen MR) is 108 cm³/mol. The zero-order valence-electron chi connectivity index (χ0n) is 16.8. The van der Waals surface area contributed by atoms with Crippen molar-refractivity contribution >= 4 is 28.4 Å². The molecule has 0 spiro atoms. The van der Waals surface area contributed by atoms with E-state index in [1.54, 1.807) is 7.05 Å². The molecule has 1 aliphatic heterocycles. The van der Waals surface area contributed by atoms with Gasteiger partial charge in [-0.15, -0.1) is 0 Å². The summed E-state index contributed by atoms with van der Waals surface area (Å²) in [6.45, 7) is -2.95. The molecule has 0 bridgehead atoms. The number of fused-ring (bicyclic) bond motifs is 2. The standard InChI is InChI=1S/C20H18F3N5O4/c1-24-18-10-5-27(7-13(10)25-26-18)15-12(21)4-9-14(17(15)32-20(22)23)28(8-2-3-8)6-11(16(9)29)19(30)31/h4,6,8,20H,2-3,5,7H2,1H3,(H,30,31)(H2,24,25,26). The van der Waals surface area contributed by atoms with E-state index in [1.165, 1.54) is 9.47 Å². The minimum atomic E-state index is -3.28. The summed E-state index contributed by atoms with van der Waals surface area (Å²) in [6.07, 6.45) is 2.47. The number of pyridine rings is 1. The summed E-state index contributed by atoms with van der Waals surface area (Å²) in [5.74, 6) is -2.36. The maximum absolute atomic E-state index is 15.4. The lowest BCUT2D eigenvalue weighted by molar-refractivity contribution is -0.0488. The van der Waals surface area contributed by atoms with Gasteiger partial charge in [-0.2, -0.15) is 13.9 Å². The van der Waals surface area contributed by atoms with E-state index in [9.17, 15) is 23.5 Å². The van der Waals surface area contributed by atoms with E-state index in [0.29, 0.717) is 24.4 Å². The van der Waals surface area contributed by atoms with E-state index in [4.69, 9.17) is 4.74 Å². The molecule has 2 aliphatic rings. The van der Waals surface area contributed by atoms with Gasteiger partial charge in [0.05, 0.1) is 23.1 Å². The Bertz CT molecular complexity index is 1320. The second-order valence-corrected chi connectivity index (χ2v) is 7.76. The first-order valence-corrected chi connectivity index (χ1v) is 9.88. The van der Waals surface area contributed by atoms with Crippen LogP contribution in [0.25, 0.3) is 10.9 Å². The normalized spacial score (nSPS) is 15.5. The van der Waals surface area contributed by atoms with Gasteiger partial charge in [-0.1, -0.05) is 0 Å². The molecule has 2 aromatic heterocycles. The fourth-order valence-corrected chi connectivity index (χ4v) is 4.24. The zero-order chi connectivity index (χ0) is 22.7. The van der Waals surface area contributed by atoms with Crippen LogP contribution >= 0.6 is 0 Å². The number of ether oxygens (including phenoxy) is 1. The topological polar surface area (TPSA) is 112 Å². The van der Waals surface area contributed by atoms with Gasteiger partial charge in [-0.25, -0.2) is 9.18 Å². The number of hydrogen-bond acceptors (Lipinski definition) is 6. The van der Waals surface area contributed by atoms with Crippen LogP contribution in [0.1, 0.15) is 40.5 Å². The molecule has 3 N–H and O–H groups in total. The van der Waals surface area contributed by atoms with Gasteiger partial charge in [0, 0.05) is 31.4 Å². The number of nitrogens with zero attached hydrogens (tertiary/aromatic N) is 3. The summed E-state index contributed by atoms with van der Waals surface area (Å²) in [5, 5.41) is 18.9. The number of aromatic amines is 1. The van der Waals surface area contributed by atoms with Gasteiger partial charge >= 0.3 is 12.6 Å². The third-order valence-electron chi connectivity index (χ3n) is 5.78. The lowest BCUT2D eigenvalue weighted by Gasteiger charge is -2.25. The molecule has 0 atom stereocenters. The molecule has 0 unspecified atom stereocenters. The summed E-state index contributed by atoms with van der Waals surface area (Å²) in [5.41, 5.74) is -0.320. The Morgan fingerprint density at radius 1 is 1.38 bits per heavy atom. The molecule has 1 aromatic carbocycles. The number of hydrogen-bond donors (Lipinski definition) is 3. The highest BCUT2D eigenvalue weighted by Crippen LogP contribution is 2.46.